The van der Waals surface area contributed by atoms with Crippen LogP contribution in [0.3, 0.4) is 0 Å². The first kappa shape index (κ1) is 87.1. The van der Waals surface area contributed by atoms with Crippen molar-refractivity contribution in [3.8, 4) is 0 Å². The molecule has 0 aliphatic heterocycles. The molecular formula is C70H136O17P2. The van der Waals surface area contributed by atoms with Crippen LogP contribution >= 0.6 is 15.6 Å². The molecule has 0 aliphatic rings. The first-order chi connectivity index (χ1) is 42.9. The third-order valence-corrected chi connectivity index (χ3v) is 18.1. The Morgan fingerprint density at radius 1 is 0.303 bits per heavy atom. The highest BCUT2D eigenvalue weighted by Crippen LogP contribution is 2.45. The normalized spacial score (nSPS) is 14.1. The van der Waals surface area contributed by atoms with Gasteiger partial charge < -0.3 is 33.8 Å². The average molecular weight is 1310 g/mol. The summed E-state index contributed by atoms with van der Waals surface area (Å²) < 4.78 is 68.2. The monoisotopic (exact) mass is 1310 g/mol. The van der Waals surface area contributed by atoms with E-state index >= 15 is 0 Å². The van der Waals surface area contributed by atoms with Gasteiger partial charge in [0, 0.05) is 25.7 Å². The summed E-state index contributed by atoms with van der Waals surface area (Å²) in [5.41, 5.74) is 0. The van der Waals surface area contributed by atoms with Crippen LogP contribution in [0.1, 0.15) is 356 Å². The van der Waals surface area contributed by atoms with Gasteiger partial charge in [-0.1, -0.05) is 305 Å². The van der Waals surface area contributed by atoms with Crippen molar-refractivity contribution in [2.24, 2.45) is 11.8 Å². The van der Waals surface area contributed by atoms with E-state index in [0.717, 1.165) is 102 Å². The predicted molar refractivity (Wildman–Crippen MR) is 358 cm³/mol. The van der Waals surface area contributed by atoms with Crippen molar-refractivity contribution >= 4 is 39.5 Å². The van der Waals surface area contributed by atoms with Crippen molar-refractivity contribution in [2.75, 3.05) is 39.6 Å². The number of phosphoric ester groups is 2. The van der Waals surface area contributed by atoms with Crippen molar-refractivity contribution in [3.05, 3.63) is 0 Å². The van der Waals surface area contributed by atoms with Gasteiger partial charge >= 0.3 is 39.5 Å². The molecule has 3 N–H and O–H groups in total. The van der Waals surface area contributed by atoms with Crippen LogP contribution in [0.2, 0.25) is 0 Å². The summed E-state index contributed by atoms with van der Waals surface area (Å²) in [6.07, 6.45) is 47.5. The number of aliphatic hydroxyl groups is 1. The summed E-state index contributed by atoms with van der Waals surface area (Å²) in [5, 5.41) is 10.6. The molecular weight excluding hydrogens is 1170 g/mol. The lowest BCUT2D eigenvalue weighted by atomic mass is 10.0. The van der Waals surface area contributed by atoms with Crippen LogP contribution in [0.5, 0.6) is 0 Å². The Hall–Kier alpha value is -1.94. The topological polar surface area (TPSA) is 237 Å². The van der Waals surface area contributed by atoms with E-state index in [-0.39, 0.29) is 25.7 Å². The minimum absolute atomic E-state index is 0.103. The Morgan fingerprint density at radius 3 is 0.764 bits per heavy atom. The van der Waals surface area contributed by atoms with Crippen LogP contribution < -0.4 is 0 Å². The molecule has 0 bridgehead atoms. The molecule has 0 aliphatic carbocycles. The van der Waals surface area contributed by atoms with E-state index in [2.05, 4.69) is 41.5 Å². The second kappa shape index (κ2) is 62.2. The number of ether oxygens (including phenoxy) is 4. The predicted octanol–water partition coefficient (Wildman–Crippen LogP) is 20.0. The standard InChI is InChI=1S/C70H136O17P2/c1-7-9-11-13-15-17-18-19-20-21-22-23-24-25-26-29-36-42-48-54-69(74)86-65(59-81-68(73)53-47-41-35-30-27-28-32-38-44-50-62(3)4)60-84-88(76,77)82-56-64(71)57-83-89(78,79)85-61-66(58-80-67(72)52-46-40-34-16-14-12-10-8-2)87-70(75)55-49-43-37-31-33-39-45-51-63(5)6/h62-66,71H,7-61H2,1-6H3,(H,76,77)(H,78,79)/t64-,65-,66-/m1/s1. The molecule has 0 aromatic heterocycles. The molecule has 19 heteroatoms. The van der Waals surface area contributed by atoms with Gasteiger partial charge in [-0.15, -0.1) is 0 Å². The van der Waals surface area contributed by atoms with E-state index in [1.807, 2.05) is 0 Å². The number of esters is 4. The largest absolute Gasteiger partial charge is 0.472 e. The van der Waals surface area contributed by atoms with Crippen LogP contribution in [0.15, 0.2) is 0 Å². The van der Waals surface area contributed by atoms with Crippen LogP contribution in [-0.2, 0) is 65.4 Å². The minimum atomic E-state index is -4.95. The number of unbranched alkanes of at least 4 members (excludes halogenated alkanes) is 39. The highest BCUT2D eigenvalue weighted by molar-refractivity contribution is 7.47. The molecule has 0 radical (unpaired) electrons. The molecule has 0 saturated carbocycles. The van der Waals surface area contributed by atoms with Crippen LogP contribution in [0, 0.1) is 11.8 Å². The summed E-state index contributed by atoms with van der Waals surface area (Å²) in [6.45, 7) is 9.44. The fraction of sp³-hybridized carbons (Fsp3) is 0.943. The zero-order valence-corrected chi connectivity index (χ0v) is 59.5. The van der Waals surface area contributed by atoms with Gasteiger partial charge in [-0.3, -0.25) is 37.3 Å². The average Bonchev–Trinajstić information content (AvgIpc) is 3.68. The SMILES string of the molecule is CCCCCCCCCCCCCCCCCCCCCC(=O)O[C@H](COC(=O)CCCCCCCCCCCC(C)C)COP(=O)(O)OC[C@@H](O)COP(=O)(O)OC[C@@H](COC(=O)CCCCCCCCCC)OC(=O)CCCCCCCCCC(C)C. The Bertz CT molecular complexity index is 1730. The number of carbonyl (C=O) groups excluding carboxylic acids is 4. The van der Waals surface area contributed by atoms with E-state index in [1.54, 1.807) is 0 Å². The Morgan fingerprint density at radius 2 is 0.517 bits per heavy atom. The first-order valence-electron chi connectivity index (χ1n) is 36.5. The van der Waals surface area contributed by atoms with Crippen LogP contribution in [0.4, 0.5) is 0 Å². The molecule has 0 spiro atoms. The molecule has 2 unspecified atom stereocenters. The molecule has 0 saturated heterocycles. The van der Waals surface area contributed by atoms with Gasteiger partial charge in [0.2, 0.25) is 0 Å². The molecule has 17 nitrogen and oxygen atoms in total. The lowest BCUT2D eigenvalue weighted by Crippen LogP contribution is -2.30. The van der Waals surface area contributed by atoms with Gasteiger partial charge in [-0.25, -0.2) is 9.13 Å². The van der Waals surface area contributed by atoms with Gasteiger partial charge in [0.05, 0.1) is 26.4 Å². The molecule has 89 heavy (non-hydrogen) atoms. The van der Waals surface area contributed by atoms with Gasteiger partial charge in [0.1, 0.15) is 19.3 Å². The lowest BCUT2D eigenvalue weighted by molar-refractivity contribution is -0.161. The molecule has 0 aromatic rings. The van der Waals surface area contributed by atoms with E-state index in [9.17, 15) is 43.2 Å². The van der Waals surface area contributed by atoms with Crippen molar-refractivity contribution in [1.29, 1.82) is 0 Å². The maximum absolute atomic E-state index is 13.0. The smallest absolute Gasteiger partial charge is 0.462 e. The third kappa shape index (κ3) is 64.6. The highest BCUT2D eigenvalue weighted by atomic mass is 31.2. The van der Waals surface area contributed by atoms with Gasteiger partial charge in [-0.2, -0.15) is 0 Å². The first-order valence-corrected chi connectivity index (χ1v) is 39.5. The fourth-order valence-electron chi connectivity index (χ4n) is 10.6. The Kier molecular flexibility index (Phi) is 60.8. The van der Waals surface area contributed by atoms with E-state index in [0.29, 0.717) is 31.6 Å². The van der Waals surface area contributed by atoms with Crippen molar-refractivity contribution in [2.45, 2.75) is 374 Å². The van der Waals surface area contributed by atoms with E-state index in [1.165, 1.54) is 167 Å². The zero-order valence-electron chi connectivity index (χ0n) is 57.7. The molecule has 528 valence electrons. The summed E-state index contributed by atoms with van der Waals surface area (Å²) in [5.74, 6) is -0.690. The maximum atomic E-state index is 13.0. The van der Waals surface area contributed by atoms with Gasteiger partial charge in [0.15, 0.2) is 12.2 Å². The molecule has 5 atom stereocenters. The number of aliphatic hydroxyl groups excluding tert-OH is 1. The maximum Gasteiger partial charge on any atom is 0.472 e. The van der Waals surface area contributed by atoms with Crippen LogP contribution in [0.25, 0.3) is 0 Å². The second-order valence-corrected chi connectivity index (χ2v) is 29.1. The summed E-state index contributed by atoms with van der Waals surface area (Å²) in [7, 11) is -9.89. The molecule has 0 aromatic carbocycles. The Balaban J connectivity index is 5.18. The fourth-order valence-corrected chi connectivity index (χ4v) is 12.2. The third-order valence-electron chi connectivity index (χ3n) is 16.2. The molecule has 0 amide bonds. The summed E-state index contributed by atoms with van der Waals surface area (Å²) >= 11 is 0. The minimum Gasteiger partial charge on any atom is -0.462 e. The number of carbonyl (C=O) groups is 4. The number of hydrogen-bond donors (Lipinski definition) is 3. The lowest BCUT2D eigenvalue weighted by Gasteiger charge is -2.21. The summed E-state index contributed by atoms with van der Waals surface area (Å²) in [4.78, 5) is 72.4. The molecule has 0 rings (SSSR count). The van der Waals surface area contributed by atoms with Crippen molar-refractivity contribution in [1.82, 2.24) is 0 Å². The zero-order chi connectivity index (χ0) is 65.7. The van der Waals surface area contributed by atoms with Crippen LogP contribution in [-0.4, -0.2) is 96.7 Å². The van der Waals surface area contributed by atoms with Gasteiger partial charge in [-0.05, 0) is 37.5 Å². The van der Waals surface area contributed by atoms with E-state index < -0.39 is 97.5 Å². The van der Waals surface area contributed by atoms with Crippen molar-refractivity contribution in [3.63, 3.8) is 0 Å². The molecule has 0 heterocycles. The molecule has 0 fully saturated rings. The quantitative estimate of drug-likeness (QED) is 0.0222. The second-order valence-electron chi connectivity index (χ2n) is 26.2. The number of hydrogen-bond acceptors (Lipinski definition) is 15. The van der Waals surface area contributed by atoms with Gasteiger partial charge in [0.25, 0.3) is 0 Å². The van der Waals surface area contributed by atoms with Crippen molar-refractivity contribution < 1.29 is 80.2 Å². The Labute approximate surface area is 543 Å². The number of rotatable bonds is 69. The highest BCUT2D eigenvalue weighted by Gasteiger charge is 2.30. The summed E-state index contributed by atoms with van der Waals surface area (Å²) in [6, 6.07) is 0. The van der Waals surface area contributed by atoms with E-state index in [4.69, 9.17) is 37.0 Å². The number of phosphoric acid groups is 2.